The Kier molecular flexibility index (Phi) is 4.60. The normalized spacial score (nSPS) is 21.8. The van der Waals surface area contributed by atoms with Crippen LogP contribution in [0.25, 0.3) is 0 Å². The first-order valence-corrected chi connectivity index (χ1v) is 6.93. The summed E-state index contributed by atoms with van der Waals surface area (Å²) in [5, 5.41) is 12.5. The summed E-state index contributed by atoms with van der Waals surface area (Å²) in [6, 6.07) is 4.14. The van der Waals surface area contributed by atoms with Gasteiger partial charge in [0.1, 0.15) is 5.82 Å². The first kappa shape index (κ1) is 14.8. The number of urea groups is 1. The maximum atomic E-state index is 13.3. The summed E-state index contributed by atoms with van der Waals surface area (Å²) in [7, 11) is 1.69. The van der Waals surface area contributed by atoms with Crippen LogP contribution in [0.15, 0.2) is 18.2 Å². The Labute approximate surface area is 118 Å². The van der Waals surface area contributed by atoms with Gasteiger partial charge in [-0.3, -0.25) is 0 Å². The van der Waals surface area contributed by atoms with Gasteiger partial charge in [-0.15, -0.1) is 0 Å². The molecule has 0 aromatic heterocycles. The van der Waals surface area contributed by atoms with Crippen molar-refractivity contribution in [2.24, 2.45) is 5.92 Å². The minimum Gasteiger partial charge on any atom is -0.393 e. The van der Waals surface area contributed by atoms with Gasteiger partial charge in [-0.25, -0.2) is 9.18 Å². The Morgan fingerprint density at radius 1 is 1.45 bits per heavy atom. The van der Waals surface area contributed by atoms with Crippen molar-refractivity contribution in [1.29, 1.82) is 0 Å². The molecule has 1 saturated carbocycles. The quantitative estimate of drug-likeness (QED) is 0.894. The van der Waals surface area contributed by atoms with Crippen LogP contribution in [-0.4, -0.2) is 35.7 Å². The fourth-order valence-corrected chi connectivity index (χ4v) is 2.69. The number of aryl methyl sites for hydroxylation is 1. The standard InChI is InChI=1S/C15H21FN2O2/c1-10-6-12(16)8-13(7-10)17-15(20)18(2)9-11-4-3-5-14(11)19/h6-8,11,14,19H,3-5,9H2,1-2H3,(H,17,20). The molecule has 1 aliphatic rings. The summed E-state index contributed by atoms with van der Waals surface area (Å²) in [5.74, 6) is -0.228. The topological polar surface area (TPSA) is 52.6 Å². The van der Waals surface area contributed by atoms with E-state index in [1.165, 1.54) is 12.1 Å². The molecule has 2 rings (SSSR count). The van der Waals surface area contributed by atoms with E-state index in [0.29, 0.717) is 12.2 Å². The Hall–Kier alpha value is -1.62. The van der Waals surface area contributed by atoms with Crippen LogP contribution in [0, 0.1) is 18.7 Å². The smallest absolute Gasteiger partial charge is 0.321 e. The average molecular weight is 280 g/mol. The number of aliphatic hydroxyl groups is 1. The van der Waals surface area contributed by atoms with Gasteiger partial charge in [-0.05, 0) is 43.5 Å². The molecule has 2 amide bonds. The minimum atomic E-state index is -0.367. The molecule has 0 aliphatic heterocycles. The highest BCUT2D eigenvalue weighted by Gasteiger charge is 2.27. The van der Waals surface area contributed by atoms with E-state index in [4.69, 9.17) is 0 Å². The van der Waals surface area contributed by atoms with Crippen LogP contribution in [0.2, 0.25) is 0 Å². The molecule has 1 fully saturated rings. The molecule has 110 valence electrons. The zero-order valence-corrected chi connectivity index (χ0v) is 11.9. The molecule has 1 aliphatic carbocycles. The lowest BCUT2D eigenvalue weighted by atomic mass is 10.1. The highest BCUT2D eigenvalue weighted by Crippen LogP contribution is 2.26. The number of carbonyl (C=O) groups is 1. The maximum Gasteiger partial charge on any atom is 0.321 e. The van der Waals surface area contributed by atoms with Crippen LogP contribution in [0.5, 0.6) is 0 Å². The van der Waals surface area contributed by atoms with Crippen LogP contribution in [0.4, 0.5) is 14.9 Å². The Morgan fingerprint density at radius 2 is 2.20 bits per heavy atom. The predicted molar refractivity (Wildman–Crippen MR) is 76.1 cm³/mol. The average Bonchev–Trinajstić information content (AvgIpc) is 2.73. The zero-order chi connectivity index (χ0) is 14.7. The van der Waals surface area contributed by atoms with Gasteiger partial charge in [-0.2, -0.15) is 0 Å². The van der Waals surface area contributed by atoms with Crippen LogP contribution in [-0.2, 0) is 0 Å². The summed E-state index contributed by atoms with van der Waals surface area (Å²) in [6.45, 7) is 2.29. The fourth-order valence-electron chi connectivity index (χ4n) is 2.69. The Morgan fingerprint density at radius 3 is 2.80 bits per heavy atom. The molecule has 2 unspecified atom stereocenters. The third-order valence-corrected chi connectivity index (χ3v) is 3.77. The third kappa shape index (κ3) is 3.70. The summed E-state index contributed by atoms with van der Waals surface area (Å²) >= 11 is 0. The Balaban J connectivity index is 1.93. The van der Waals surface area contributed by atoms with E-state index in [-0.39, 0.29) is 23.9 Å². The van der Waals surface area contributed by atoms with Gasteiger partial charge in [0.05, 0.1) is 6.10 Å². The SMILES string of the molecule is Cc1cc(F)cc(NC(=O)N(C)CC2CCCC2O)c1. The molecule has 1 aromatic carbocycles. The number of nitrogens with one attached hydrogen (secondary N) is 1. The monoisotopic (exact) mass is 280 g/mol. The van der Waals surface area contributed by atoms with Crippen molar-refractivity contribution in [2.45, 2.75) is 32.3 Å². The molecule has 2 N–H and O–H groups in total. The lowest BCUT2D eigenvalue weighted by Gasteiger charge is -2.23. The molecule has 0 radical (unpaired) electrons. The Bertz CT molecular complexity index is 473. The van der Waals surface area contributed by atoms with E-state index in [0.717, 1.165) is 24.8 Å². The third-order valence-electron chi connectivity index (χ3n) is 3.77. The highest BCUT2D eigenvalue weighted by molar-refractivity contribution is 5.89. The minimum absolute atomic E-state index is 0.139. The number of benzene rings is 1. The van der Waals surface area contributed by atoms with Gasteiger partial charge in [0.25, 0.3) is 0 Å². The molecule has 1 aromatic rings. The number of nitrogens with zero attached hydrogens (tertiary/aromatic N) is 1. The molecule has 0 bridgehead atoms. The number of amides is 2. The lowest BCUT2D eigenvalue weighted by Crippen LogP contribution is -2.37. The van der Waals surface area contributed by atoms with E-state index < -0.39 is 0 Å². The second-order valence-corrected chi connectivity index (χ2v) is 5.59. The van der Waals surface area contributed by atoms with Crippen molar-refractivity contribution in [1.82, 2.24) is 4.90 Å². The van der Waals surface area contributed by atoms with Gasteiger partial charge in [0.2, 0.25) is 0 Å². The number of rotatable bonds is 3. The predicted octanol–water partition coefficient (Wildman–Crippen LogP) is 2.76. The van der Waals surface area contributed by atoms with Gasteiger partial charge in [0.15, 0.2) is 0 Å². The van der Waals surface area contributed by atoms with Crippen LogP contribution >= 0.6 is 0 Å². The molecule has 4 nitrogen and oxygen atoms in total. The van der Waals surface area contributed by atoms with Crippen molar-refractivity contribution in [3.05, 3.63) is 29.6 Å². The van der Waals surface area contributed by atoms with Crippen molar-refractivity contribution < 1.29 is 14.3 Å². The number of anilines is 1. The summed E-state index contributed by atoms with van der Waals surface area (Å²) in [6.07, 6.45) is 2.44. The van der Waals surface area contributed by atoms with Crippen molar-refractivity contribution >= 4 is 11.7 Å². The lowest BCUT2D eigenvalue weighted by molar-refractivity contribution is 0.116. The van der Waals surface area contributed by atoms with Crippen molar-refractivity contribution in [3.8, 4) is 0 Å². The molecule has 0 heterocycles. The van der Waals surface area contributed by atoms with Gasteiger partial charge < -0.3 is 15.3 Å². The number of carbonyl (C=O) groups excluding carboxylic acids is 1. The fraction of sp³-hybridized carbons (Fsp3) is 0.533. The van der Waals surface area contributed by atoms with E-state index in [1.807, 2.05) is 0 Å². The zero-order valence-electron chi connectivity index (χ0n) is 11.9. The molecule has 5 heteroatoms. The molecule has 0 saturated heterocycles. The van der Waals surface area contributed by atoms with Crippen LogP contribution in [0.3, 0.4) is 0 Å². The number of hydrogen-bond acceptors (Lipinski definition) is 2. The highest BCUT2D eigenvalue weighted by atomic mass is 19.1. The van der Waals surface area contributed by atoms with Crippen molar-refractivity contribution in [2.75, 3.05) is 18.9 Å². The molecule has 2 atom stereocenters. The van der Waals surface area contributed by atoms with Gasteiger partial charge >= 0.3 is 6.03 Å². The molecule has 20 heavy (non-hydrogen) atoms. The van der Waals surface area contributed by atoms with E-state index >= 15 is 0 Å². The van der Waals surface area contributed by atoms with Crippen LogP contribution < -0.4 is 5.32 Å². The first-order chi connectivity index (χ1) is 9.45. The second kappa shape index (κ2) is 6.22. The second-order valence-electron chi connectivity index (χ2n) is 5.59. The number of hydrogen-bond donors (Lipinski definition) is 2. The van der Waals surface area contributed by atoms with E-state index in [1.54, 1.807) is 24.9 Å². The molecule has 0 spiro atoms. The summed E-state index contributed by atoms with van der Waals surface area (Å²) < 4.78 is 13.3. The van der Waals surface area contributed by atoms with E-state index in [2.05, 4.69) is 5.32 Å². The number of halogens is 1. The number of aliphatic hydroxyl groups excluding tert-OH is 1. The van der Waals surface area contributed by atoms with E-state index in [9.17, 15) is 14.3 Å². The van der Waals surface area contributed by atoms with Gasteiger partial charge in [-0.1, -0.05) is 6.42 Å². The molecular formula is C15H21FN2O2. The first-order valence-electron chi connectivity index (χ1n) is 6.93. The summed E-state index contributed by atoms with van der Waals surface area (Å²) in [4.78, 5) is 13.6. The summed E-state index contributed by atoms with van der Waals surface area (Å²) in [5.41, 5.74) is 1.21. The van der Waals surface area contributed by atoms with Crippen LogP contribution in [0.1, 0.15) is 24.8 Å². The largest absolute Gasteiger partial charge is 0.393 e. The van der Waals surface area contributed by atoms with Gasteiger partial charge in [0, 0.05) is 25.2 Å². The maximum absolute atomic E-state index is 13.3. The molecular weight excluding hydrogens is 259 g/mol. The van der Waals surface area contributed by atoms with Crippen molar-refractivity contribution in [3.63, 3.8) is 0 Å².